The number of nitrogens with one attached hydrogen (secondary N) is 2. The number of methoxy groups -OCH3 is 1. The van der Waals surface area contributed by atoms with E-state index >= 15 is 0 Å². The molecule has 0 saturated carbocycles. The number of hydrogen-bond donors (Lipinski definition) is 3. The van der Waals surface area contributed by atoms with E-state index in [9.17, 15) is 14.7 Å². The number of hydrogen-bond acceptors (Lipinski definition) is 6. The van der Waals surface area contributed by atoms with Gasteiger partial charge in [-0.1, -0.05) is 6.07 Å². The van der Waals surface area contributed by atoms with E-state index in [4.69, 9.17) is 4.74 Å². The minimum Gasteiger partial charge on any atom is -0.504 e. The van der Waals surface area contributed by atoms with Crippen molar-refractivity contribution < 1.29 is 19.4 Å². The molecule has 2 fully saturated rings. The molecule has 2 heterocycles. The number of hydrazine groups is 1. The number of phenols is 1. The molecule has 0 spiro atoms. The number of imide groups is 1. The summed E-state index contributed by atoms with van der Waals surface area (Å²) < 4.78 is 5.07. The van der Waals surface area contributed by atoms with Crippen LogP contribution in [-0.4, -0.2) is 42.1 Å². The number of fused-ring (bicyclic) bond motifs is 1. The van der Waals surface area contributed by atoms with Gasteiger partial charge in [0.25, 0.3) is 0 Å². The van der Waals surface area contributed by atoms with Crippen LogP contribution >= 0.6 is 0 Å². The summed E-state index contributed by atoms with van der Waals surface area (Å²) in [7, 11) is 3.19. The van der Waals surface area contributed by atoms with Crippen molar-refractivity contribution >= 4 is 11.8 Å². The van der Waals surface area contributed by atoms with Gasteiger partial charge in [0.2, 0.25) is 11.8 Å². The lowest BCUT2D eigenvalue weighted by Gasteiger charge is -2.18. The normalized spacial score (nSPS) is 29.4. The number of benzene rings is 1. The Hall–Kier alpha value is -2.12. The lowest BCUT2D eigenvalue weighted by molar-refractivity contribution is -0.127. The SMILES string of the molecule is COc1cc([C@H]2NN(C)[C@@H]3C(=O)NC(=O)[C@@H]23)ccc1O. The molecule has 2 aliphatic rings. The number of nitrogens with zero attached hydrogens (tertiary/aromatic N) is 1. The van der Waals surface area contributed by atoms with E-state index in [1.54, 1.807) is 24.2 Å². The van der Waals surface area contributed by atoms with Crippen molar-refractivity contribution in [1.29, 1.82) is 0 Å². The van der Waals surface area contributed by atoms with Crippen molar-refractivity contribution in [3.63, 3.8) is 0 Å². The summed E-state index contributed by atoms with van der Waals surface area (Å²) in [5, 5.41) is 13.6. The number of likely N-dealkylation sites (N-methyl/N-ethyl adjacent to an activating group) is 1. The zero-order valence-corrected chi connectivity index (χ0v) is 11.1. The largest absolute Gasteiger partial charge is 0.504 e. The summed E-state index contributed by atoms with van der Waals surface area (Å²) in [6.07, 6.45) is 0. The standard InChI is InChI=1S/C13H15N3O4/c1-16-11-9(12(18)14-13(11)19)10(15-16)6-3-4-7(17)8(5-6)20-2/h3-5,9-11,15,17H,1-2H3,(H,14,18,19)/t9-,10+,11-/m0/s1. The molecule has 3 rings (SSSR count). The van der Waals surface area contributed by atoms with Gasteiger partial charge in [0.15, 0.2) is 11.5 Å². The third-order valence-electron chi connectivity index (χ3n) is 3.84. The summed E-state index contributed by atoms with van der Waals surface area (Å²) in [4.78, 5) is 23.7. The van der Waals surface area contributed by atoms with Crippen LogP contribution < -0.4 is 15.5 Å². The highest BCUT2D eigenvalue weighted by Gasteiger charge is 2.53. The molecule has 3 N–H and O–H groups in total. The molecule has 2 aliphatic heterocycles. The summed E-state index contributed by atoms with van der Waals surface area (Å²) in [6, 6.07) is 4.05. The molecular formula is C13H15N3O4. The van der Waals surface area contributed by atoms with Gasteiger partial charge in [-0.3, -0.25) is 14.9 Å². The van der Waals surface area contributed by atoms with Crippen LogP contribution in [-0.2, 0) is 9.59 Å². The van der Waals surface area contributed by atoms with E-state index in [1.165, 1.54) is 13.2 Å². The van der Waals surface area contributed by atoms with E-state index in [-0.39, 0.29) is 23.6 Å². The fourth-order valence-electron chi connectivity index (χ4n) is 2.89. The first-order valence-electron chi connectivity index (χ1n) is 6.23. The van der Waals surface area contributed by atoms with Crippen molar-refractivity contribution in [1.82, 2.24) is 15.8 Å². The molecule has 0 aromatic heterocycles. The van der Waals surface area contributed by atoms with Crippen molar-refractivity contribution in [3.05, 3.63) is 23.8 Å². The molecule has 20 heavy (non-hydrogen) atoms. The van der Waals surface area contributed by atoms with E-state index in [0.717, 1.165) is 5.56 Å². The van der Waals surface area contributed by atoms with Crippen LogP contribution in [0.4, 0.5) is 0 Å². The molecule has 2 saturated heterocycles. The van der Waals surface area contributed by atoms with Gasteiger partial charge in [-0.15, -0.1) is 0 Å². The predicted octanol–water partition coefficient (Wildman–Crippen LogP) is -0.467. The number of phenolic OH excluding ortho intramolecular Hbond substituents is 1. The first-order chi connectivity index (χ1) is 9.52. The van der Waals surface area contributed by atoms with Gasteiger partial charge in [-0.25, -0.2) is 10.4 Å². The number of carbonyl (C=O) groups excluding carboxylic acids is 2. The lowest BCUT2D eigenvalue weighted by Crippen LogP contribution is -2.41. The van der Waals surface area contributed by atoms with Crippen LogP contribution in [0.5, 0.6) is 11.5 Å². The van der Waals surface area contributed by atoms with Crippen LogP contribution in [0.3, 0.4) is 0 Å². The van der Waals surface area contributed by atoms with Crippen molar-refractivity contribution in [2.45, 2.75) is 12.1 Å². The number of amides is 2. The number of ether oxygens (including phenoxy) is 1. The minimum atomic E-state index is -0.507. The van der Waals surface area contributed by atoms with Crippen LogP contribution in [0.25, 0.3) is 0 Å². The Bertz CT molecular complexity index is 589. The molecule has 0 unspecified atom stereocenters. The molecule has 1 aromatic carbocycles. The van der Waals surface area contributed by atoms with E-state index in [1.807, 2.05) is 0 Å². The Morgan fingerprint density at radius 1 is 1.30 bits per heavy atom. The third kappa shape index (κ3) is 1.75. The fraction of sp³-hybridized carbons (Fsp3) is 0.385. The van der Waals surface area contributed by atoms with Crippen LogP contribution in [0, 0.1) is 5.92 Å². The van der Waals surface area contributed by atoms with Crippen molar-refractivity contribution in [2.75, 3.05) is 14.2 Å². The van der Waals surface area contributed by atoms with Crippen molar-refractivity contribution in [2.24, 2.45) is 5.92 Å². The molecule has 7 nitrogen and oxygen atoms in total. The minimum absolute atomic E-state index is 0.0334. The maximum atomic E-state index is 11.9. The molecule has 3 atom stereocenters. The summed E-state index contributed by atoms with van der Waals surface area (Å²) >= 11 is 0. The Morgan fingerprint density at radius 3 is 2.75 bits per heavy atom. The van der Waals surface area contributed by atoms with Crippen molar-refractivity contribution in [3.8, 4) is 11.5 Å². The number of aromatic hydroxyl groups is 1. The topological polar surface area (TPSA) is 90.9 Å². The molecule has 1 aromatic rings. The van der Waals surface area contributed by atoms with Gasteiger partial charge in [-0.2, -0.15) is 0 Å². The highest BCUT2D eigenvalue weighted by molar-refractivity contribution is 6.07. The zero-order valence-electron chi connectivity index (χ0n) is 11.1. The molecular weight excluding hydrogens is 262 g/mol. The van der Waals surface area contributed by atoms with Gasteiger partial charge in [0.05, 0.1) is 19.1 Å². The predicted molar refractivity (Wildman–Crippen MR) is 68.7 cm³/mol. The van der Waals surface area contributed by atoms with Gasteiger partial charge in [0, 0.05) is 7.05 Å². The smallest absolute Gasteiger partial charge is 0.246 e. The van der Waals surface area contributed by atoms with Gasteiger partial charge < -0.3 is 9.84 Å². The Labute approximate surface area is 115 Å². The van der Waals surface area contributed by atoms with E-state index < -0.39 is 12.0 Å². The molecule has 0 aliphatic carbocycles. The fourth-order valence-corrected chi connectivity index (χ4v) is 2.89. The number of carbonyl (C=O) groups is 2. The van der Waals surface area contributed by atoms with Gasteiger partial charge in [0.1, 0.15) is 6.04 Å². The first-order valence-corrected chi connectivity index (χ1v) is 6.23. The average molecular weight is 277 g/mol. The van der Waals surface area contributed by atoms with Crippen LogP contribution in [0.2, 0.25) is 0 Å². The molecule has 7 heteroatoms. The lowest BCUT2D eigenvalue weighted by atomic mass is 9.91. The highest BCUT2D eigenvalue weighted by atomic mass is 16.5. The average Bonchev–Trinajstić information content (AvgIpc) is 2.90. The molecule has 0 bridgehead atoms. The van der Waals surface area contributed by atoms with Gasteiger partial charge in [-0.05, 0) is 17.7 Å². The maximum Gasteiger partial charge on any atom is 0.246 e. The summed E-state index contributed by atoms with van der Waals surface area (Å²) in [6.45, 7) is 0. The molecule has 106 valence electrons. The molecule has 2 amide bonds. The zero-order chi connectivity index (χ0) is 14.4. The third-order valence-corrected chi connectivity index (χ3v) is 3.84. The second-order valence-corrected chi connectivity index (χ2v) is 4.97. The Kier molecular flexibility index (Phi) is 2.88. The second kappa shape index (κ2) is 4.46. The quantitative estimate of drug-likeness (QED) is 0.633. The summed E-state index contributed by atoms with van der Waals surface area (Å²) in [5.41, 5.74) is 3.90. The number of rotatable bonds is 2. The first kappa shape index (κ1) is 12.9. The molecule has 0 radical (unpaired) electrons. The summed E-state index contributed by atoms with van der Waals surface area (Å²) in [5.74, 6) is -0.690. The second-order valence-electron chi connectivity index (χ2n) is 4.97. The van der Waals surface area contributed by atoms with Crippen LogP contribution in [0.15, 0.2) is 18.2 Å². The van der Waals surface area contributed by atoms with E-state index in [2.05, 4.69) is 10.7 Å². The van der Waals surface area contributed by atoms with Gasteiger partial charge >= 0.3 is 0 Å². The monoisotopic (exact) mass is 277 g/mol. The Morgan fingerprint density at radius 2 is 2.05 bits per heavy atom. The maximum absolute atomic E-state index is 11.9. The van der Waals surface area contributed by atoms with Crippen LogP contribution in [0.1, 0.15) is 11.6 Å². The van der Waals surface area contributed by atoms with E-state index in [0.29, 0.717) is 5.75 Å². The highest BCUT2D eigenvalue weighted by Crippen LogP contribution is 2.38. The Balaban J connectivity index is 1.99.